The number of halogens is 1. The van der Waals surface area contributed by atoms with E-state index < -0.39 is 9.85 Å². The van der Waals surface area contributed by atoms with Gasteiger partial charge in [-0.15, -0.1) is 0 Å². The van der Waals surface area contributed by atoms with Gasteiger partial charge in [-0.25, -0.2) is 0 Å². The molecule has 0 aliphatic heterocycles. The van der Waals surface area contributed by atoms with E-state index in [1.54, 1.807) is 0 Å². The lowest BCUT2D eigenvalue weighted by molar-refractivity contribution is -0.393. The molecule has 26 heavy (non-hydrogen) atoms. The predicted octanol–water partition coefficient (Wildman–Crippen LogP) is 3.46. The molecule has 0 aromatic heterocycles. The predicted molar refractivity (Wildman–Crippen MR) is 101 cm³/mol. The highest BCUT2D eigenvalue weighted by Crippen LogP contribution is 2.82. The summed E-state index contributed by atoms with van der Waals surface area (Å²) in [6.45, 7) is 0. The third kappa shape index (κ3) is 1.55. The number of non-ortho nitro benzene ring substituents is 1. The summed E-state index contributed by atoms with van der Waals surface area (Å²) in [7, 11) is 0. The van der Waals surface area contributed by atoms with Crippen LogP contribution in [0, 0.1) is 67.6 Å². The molecule has 6 bridgehead atoms. The van der Waals surface area contributed by atoms with Crippen LogP contribution in [-0.4, -0.2) is 19.5 Å². The summed E-state index contributed by atoms with van der Waals surface area (Å²) in [4.78, 5) is 20.9. The number of anilines is 1. The van der Waals surface area contributed by atoms with Gasteiger partial charge in [0.1, 0.15) is 5.69 Å². The first-order valence-electron chi connectivity index (χ1n) is 8.89. The van der Waals surface area contributed by atoms with Gasteiger partial charge in [-0.3, -0.25) is 25.7 Å². The summed E-state index contributed by atoms with van der Waals surface area (Å²) in [5.41, 5.74) is 3.72. The van der Waals surface area contributed by atoms with Crippen LogP contribution in [0.3, 0.4) is 0 Å². The van der Waals surface area contributed by atoms with E-state index in [0.717, 1.165) is 45.5 Å². The van der Waals surface area contributed by atoms with E-state index in [1.165, 1.54) is 24.3 Å². The van der Waals surface area contributed by atoms with Crippen LogP contribution in [0.15, 0.2) is 23.3 Å². The van der Waals surface area contributed by atoms with Crippen molar-refractivity contribution in [1.29, 1.82) is 0 Å². The van der Waals surface area contributed by atoms with Crippen molar-refractivity contribution in [2.45, 2.75) is 10.3 Å². The van der Waals surface area contributed by atoms with Gasteiger partial charge in [0.15, 0.2) is 0 Å². The molecule has 6 aliphatic carbocycles. The smallest absolute Gasteiger partial charge is 0.272 e. The largest absolute Gasteiger partial charge is 0.301 e. The van der Waals surface area contributed by atoms with Crippen molar-refractivity contribution in [1.82, 2.24) is 0 Å². The Kier molecular flexibility index (Phi) is 2.78. The Hall–Kier alpha value is -1.78. The fourth-order valence-electron chi connectivity index (χ4n) is 7.38. The number of hydrazone groups is 1. The molecule has 8 nitrogen and oxygen atoms in total. The van der Waals surface area contributed by atoms with Gasteiger partial charge in [0.05, 0.1) is 15.9 Å². The normalized spacial score (nSPS) is 46.8. The van der Waals surface area contributed by atoms with Gasteiger partial charge >= 0.3 is 5.69 Å². The van der Waals surface area contributed by atoms with Gasteiger partial charge in [-0.1, -0.05) is 22.6 Å². The molecular formula is C17H15IN4O4. The molecule has 6 saturated carbocycles. The molecule has 0 spiro atoms. The number of rotatable bonds is 4. The Labute approximate surface area is 161 Å². The number of hydrogen-bond acceptors (Lipinski definition) is 6. The zero-order valence-electron chi connectivity index (χ0n) is 13.5. The summed E-state index contributed by atoms with van der Waals surface area (Å²) in [5.74, 6) is 5.89. The molecule has 1 N–H and O–H groups in total. The molecule has 0 amide bonds. The average Bonchev–Trinajstić information content (AvgIpc) is 3.35. The number of alkyl halides is 1. The highest BCUT2D eigenvalue weighted by Gasteiger charge is 2.82. The zero-order valence-corrected chi connectivity index (χ0v) is 15.6. The second-order valence-corrected chi connectivity index (χ2v) is 9.67. The minimum absolute atomic E-state index is 0.220. The standard InChI is InChI=1S/C17H15IN4O4/c18-16-12-6-4-7-10(12)15-14(16)11(6)13(7)17(15)20-19-8-2-1-5(21(23)24)3-9(8)22(25)26/h1-3,6-7,10-16,19H,4H2/b20-17-. The summed E-state index contributed by atoms with van der Waals surface area (Å²) >= 11 is 2.65. The Morgan fingerprint density at radius 3 is 2.50 bits per heavy atom. The Morgan fingerprint density at radius 2 is 1.81 bits per heavy atom. The molecular weight excluding hydrogens is 451 g/mol. The third-order valence-electron chi connectivity index (χ3n) is 7.73. The van der Waals surface area contributed by atoms with E-state index in [4.69, 9.17) is 0 Å². The summed E-state index contributed by atoms with van der Waals surface area (Å²) in [6, 6.07) is 3.65. The molecule has 0 saturated heterocycles. The van der Waals surface area contributed by atoms with Crippen LogP contribution in [0.1, 0.15) is 6.42 Å². The Balaban J connectivity index is 1.35. The van der Waals surface area contributed by atoms with Crippen molar-refractivity contribution in [3.63, 3.8) is 0 Å². The zero-order chi connectivity index (χ0) is 17.9. The fraction of sp³-hybridized carbons (Fsp3) is 0.588. The number of nitro groups is 2. The van der Waals surface area contributed by atoms with Crippen LogP contribution in [0.4, 0.5) is 17.1 Å². The highest BCUT2D eigenvalue weighted by atomic mass is 127. The first-order valence-corrected chi connectivity index (χ1v) is 10.1. The quantitative estimate of drug-likeness (QED) is 0.316. The highest BCUT2D eigenvalue weighted by molar-refractivity contribution is 14.1. The maximum absolute atomic E-state index is 11.3. The van der Waals surface area contributed by atoms with E-state index in [9.17, 15) is 20.2 Å². The van der Waals surface area contributed by atoms with Crippen molar-refractivity contribution in [2.75, 3.05) is 5.43 Å². The second-order valence-electron chi connectivity index (χ2n) is 8.23. The van der Waals surface area contributed by atoms with Crippen LogP contribution in [0.2, 0.25) is 0 Å². The van der Waals surface area contributed by atoms with Crippen LogP contribution >= 0.6 is 22.6 Å². The lowest BCUT2D eigenvalue weighted by Crippen LogP contribution is -2.30. The van der Waals surface area contributed by atoms with Gasteiger partial charge in [-0.2, -0.15) is 5.10 Å². The van der Waals surface area contributed by atoms with Crippen molar-refractivity contribution < 1.29 is 9.85 Å². The van der Waals surface area contributed by atoms with Crippen LogP contribution in [-0.2, 0) is 0 Å². The van der Waals surface area contributed by atoms with Crippen LogP contribution < -0.4 is 5.43 Å². The molecule has 9 heteroatoms. The number of benzene rings is 1. The maximum atomic E-state index is 11.3. The molecule has 7 rings (SSSR count). The van der Waals surface area contributed by atoms with Crippen molar-refractivity contribution in [2.24, 2.45) is 52.4 Å². The summed E-state index contributed by atoms with van der Waals surface area (Å²) < 4.78 is 0.758. The van der Waals surface area contributed by atoms with Gasteiger partial charge in [0.2, 0.25) is 0 Å². The SMILES string of the molecule is O=[N+]([O-])c1ccc(N/N=C2\C3C4C(I)C5C6CC(C2C64)C35)c([N+](=O)[O-])c1. The van der Waals surface area contributed by atoms with Gasteiger partial charge in [0, 0.05) is 27.5 Å². The minimum atomic E-state index is -0.626. The van der Waals surface area contributed by atoms with E-state index in [0.29, 0.717) is 11.8 Å². The first kappa shape index (κ1) is 15.3. The van der Waals surface area contributed by atoms with Crippen molar-refractivity contribution >= 4 is 45.4 Å². The molecule has 6 fully saturated rings. The molecule has 134 valence electrons. The number of nitro benzene ring substituents is 2. The summed E-state index contributed by atoms with van der Waals surface area (Å²) in [6.07, 6.45) is 1.34. The molecule has 0 heterocycles. The van der Waals surface area contributed by atoms with E-state index in [2.05, 4.69) is 33.1 Å². The van der Waals surface area contributed by atoms with Crippen LogP contribution in [0.25, 0.3) is 0 Å². The molecule has 1 aromatic carbocycles. The monoisotopic (exact) mass is 466 g/mol. The Bertz CT molecular complexity index is 918. The van der Waals surface area contributed by atoms with E-state index in [-0.39, 0.29) is 17.1 Å². The molecule has 1 aromatic rings. The minimum Gasteiger partial charge on any atom is -0.272 e. The fourth-order valence-corrected chi connectivity index (χ4v) is 9.32. The average molecular weight is 466 g/mol. The maximum Gasteiger partial charge on any atom is 0.301 e. The number of nitrogens with one attached hydrogen (secondary N) is 1. The van der Waals surface area contributed by atoms with Crippen molar-refractivity contribution in [3.8, 4) is 0 Å². The van der Waals surface area contributed by atoms with E-state index in [1.807, 2.05) is 0 Å². The number of nitrogens with zero attached hydrogens (tertiary/aromatic N) is 3. The van der Waals surface area contributed by atoms with Crippen molar-refractivity contribution in [3.05, 3.63) is 38.4 Å². The summed E-state index contributed by atoms with van der Waals surface area (Å²) in [5, 5.41) is 26.8. The van der Waals surface area contributed by atoms with Gasteiger partial charge in [0.25, 0.3) is 5.69 Å². The van der Waals surface area contributed by atoms with Gasteiger partial charge in [-0.05, 0) is 48.0 Å². The number of hydrogen-bond donors (Lipinski definition) is 1. The molecule has 0 radical (unpaired) electrons. The topological polar surface area (TPSA) is 111 Å². The first-order chi connectivity index (χ1) is 12.5. The lowest BCUT2D eigenvalue weighted by Gasteiger charge is -2.32. The van der Waals surface area contributed by atoms with E-state index >= 15 is 0 Å². The van der Waals surface area contributed by atoms with Crippen LogP contribution in [0.5, 0.6) is 0 Å². The third-order valence-corrected chi connectivity index (χ3v) is 9.40. The second kappa shape index (κ2) is 4.73. The molecule has 9 unspecified atom stereocenters. The lowest BCUT2D eigenvalue weighted by atomic mass is 9.71. The van der Waals surface area contributed by atoms with Gasteiger partial charge < -0.3 is 0 Å². The Morgan fingerprint density at radius 1 is 1.04 bits per heavy atom. The molecule has 9 atom stereocenters. The molecule has 6 aliphatic rings.